The van der Waals surface area contributed by atoms with Crippen molar-refractivity contribution in [1.82, 2.24) is 0 Å². The number of aliphatic carboxylic acids is 1. The molecule has 0 saturated heterocycles. The van der Waals surface area contributed by atoms with Crippen LogP contribution in [0.4, 0.5) is 17.1 Å². The van der Waals surface area contributed by atoms with E-state index >= 15 is 0 Å². The molecule has 0 bridgehead atoms. The van der Waals surface area contributed by atoms with Crippen LogP contribution in [-0.2, 0) is 15.6 Å². The Hall–Kier alpha value is -5.66. The fourth-order valence-electron chi connectivity index (χ4n) is 10.0. The highest BCUT2D eigenvalue weighted by molar-refractivity contribution is 5.92. The highest BCUT2D eigenvalue weighted by Crippen LogP contribution is 2.57. The molecule has 0 radical (unpaired) electrons. The van der Waals surface area contributed by atoms with Crippen LogP contribution >= 0.6 is 0 Å². The van der Waals surface area contributed by atoms with Gasteiger partial charge in [0.15, 0.2) is 0 Å². The Labute approximate surface area is 346 Å². The molecule has 7 rings (SSSR count). The molecule has 4 nitrogen and oxygen atoms in total. The van der Waals surface area contributed by atoms with Gasteiger partial charge in [-0.1, -0.05) is 164 Å². The Balaban J connectivity index is 1.42. The van der Waals surface area contributed by atoms with E-state index in [0.29, 0.717) is 0 Å². The maximum atomic E-state index is 11.4. The van der Waals surface area contributed by atoms with Crippen LogP contribution in [0.3, 0.4) is 0 Å². The molecule has 0 atom stereocenters. The molecular formula is C54H58N2O2. The zero-order chi connectivity index (χ0) is 40.7. The summed E-state index contributed by atoms with van der Waals surface area (Å²) >= 11 is 0. The van der Waals surface area contributed by atoms with Crippen molar-refractivity contribution in [3.63, 3.8) is 0 Å². The number of carbonyl (C=O) groups is 1. The number of carboxylic acids is 1. The zero-order valence-electron chi connectivity index (χ0n) is 34.9. The summed E-state index contributed by atoms with van der Waals surface area (Å²) in [5, 5.41) is 18.5. The third-order valence-corrected chi connectivity index (χ3v) is 12.9. The van der Waals surface area contributed by atoms with Crippen molar-refractivity contribution < 1.29 is 9.90 Å². The lowest BCUT2D eigenvalue weighted by Crippen LogP contribution is -2.26. The van der Waals surface area contributed by atoms with Gasteiger partial charge in [0, 0.05) is 27.9 Å². The standard InChI is InChI=1S/C54H58N2O2/c1-5-9-32-53(33-10-6-2)48-22-15-13-20-44(48)46-30-28-42(36-50(46)53)56(41-26-24-39(25-27-41)18-17-19-40(38-55)52(57)58)43-29-31-47-45-21-14-16-23-49(45)54(34-11-7-3,35-12-8-4)51(47)37-43/h13-31,36-37H,5-12,32-35H2,1-4H3,(H,57,58)/b18-17+,40-19+. The second-order valence-corrected chi connectivity index (χ2v) is 16.4. The van der Waals surface area contributed by atoms with Crippen molar-refractivity contribution in [3.05, 3.63) is 155 Å². The number of hydrogen-bond donors (Lipinski definition) is 1. The first-order chi connectivity index (χ1) is 28.3. The summed E-state index contributed by atoms with van der Waals surface area (Å²) in [5.41, 5.74) is 15.3. The monoisotopic (exact) mass is 766 g/mol. The van der Waals surface area contributed by atoms with Crippen LogP contribution in [0.2, 0.25) is 0 Å². The van der Waals surface area contributed by atoms with Crippen molar-refractivity contribution in [2.45, 2.75) is 116 Å². The SMILES string of the molecule is CCCCC1(CCCC)c2ccccc2-c2ccc(N(c3ccc(/C=C/C=C(\C#N)C(=O)O)cc3)c3ccc4c(c3)C(CCCC)(CCCC)c3ccccc3-4)cc21. The van der Waals surface area contributed by atoms with Gasteiger partial charge < -0.3 is 10.0 Å². The Morgan fingerprint density at radius 3 is 1.41 bits per heavy atom. The van der Waals surface area contributed by atoms with E-state index in [1.54, 1.807) is 12.1 Å². The second-order valence-electron chi connectivity index (χ2n) is 16.4. The Kier molecular flexibility index (Phi) is 12.5. The van der Waals surface area contributed by atoms with Crippen molar-refractivity contribution in [1.29, 1.82) is 5.26 Å². The Morgan fingerprint density at radius 2 is 1.00 bits per heavy atom. The van der Waals surface area contributed by atoms with E-state index in [9.17, 15) is 15.2 Å². The van der Waals surface area contributed by atoms with Crippen molar-refractivity contribution in [3.8, 4) is 28.3 Å². The van der Waals surface area contributed by atoms with E-state index in [0.717, 1.165) is 74.0 Å². The topological polar surface area (TPSA) is 64.3 Å². The van der Waals surface area contributed by atoms with Crippen LogP contribution in [0.15, 0.2) is 127 Å². The molecule has 2 aliphatic rings. The minimum atomic E-state index is -1.23. The molecule has 0 spiro atoms. The van der Waals surface area contributed by atoms with Crippen LogP contribution in [-0.4, -0.2) is 11.1 Å². The van der Waals surface area contributed by atoms with E-state index in [1.165, 1.54) is 76.3 Å². The first-order valence-electron chi connectivity index (χ1n) is 21.8. The number of anilines is 3. The zero-order valence-corrected chi connectivity index (χ0v) is 34.9. The Bertz CT molecular complexity index is 2220. The summed E-state index contributed by atoms with van der Waals surface area (Å²) in [5.74, 6) is -1.23. The van der Waals surface area contributed by atoms with Crippen LogP contribution in [0.1, 0.15) is 133 Å². The van der Waals surface area contributed by atoms with E-state index in [4.69, 9.17) is 0 Å². The van der Waals surface area contributed by atoms with Gasteiger partial charge in [0.2, 0.25) is 0 Å². The quantitative estimate of drug-likeness (QED) is 0.0548. The van der Waals surface area contributed by atoms with Crippen molar-refractivity contribution in [2.24, 2.45) is 0 Å². The average molecular weight is 767 g/mol. The summed E-state index contributed by atoms with van der Waals surface area (Å²) in [4.78, 5) is 13.8. The van der Waals surface area contributed by atoms with Crippen molar-refractivity contribution in [2.75, 3.05) is 4.90 Å². The molecule has 58 heavy (non-hydrogen) atoms. The molecule has 0 aromatic heterocycles. The summed E-state index contributed by atoms with van der Waals surface area (Å²) in [6, 6.07) is 42.9. The molecule has 0 fully saturated rings. The molecule has 4 heteroatoms. The molecule has 5 aromatic rings. The van der Waals surface area contributed by atoms with E-state index in [1.807, 2.05) is 6.08 Å². The fourth-order valence-corrected chi connectivity index (χ4v) is 10.0. The predicted molar refractivity (Wildman–Crippen MR) is 242 cm³/mol. The van der Waals surface area contributed by atoms with Gasteiger partial charge in [-0.05, 0) is 118 Å². The van der Waals surface area contributed by atoms with Gasteiger partial charge in [0.25, 0.3) is 0 Å². The number of carboxylic acid groups (broad SMARTS) is 1. The van der Waals surface area contributed by atoms with Gasteiger partial charge in [-0.2, -0.15) is 5.26 Å². The molecule has 296 valence electrons. The highest BCUT2D eigenvalue weighted by atomic mass is 16.4. The Morgan fingerprint density at radius 1 is 0.586 bits per heavy atom. The molecule has 0 heterocycles. The minimum absolute atomic E-state index is 0.0327. The lowest BCUT2D eigenvalue weighted by molar-refractivity contribution is -0.132. The summed E-state index contributed by atoms with van der Waals surface area (Å²) in [6.07, 6.45) is 18.7. The smallest absolute Gasteiger partial charge is 0.346 e. The van der Waals surface area contributed by atoms with E-state index < -0.39 is 5.97 Å². The lowest BCUT2D eigenvalue weighted by Gasteiger charge is -2.35. The summed E-state index contributed by atoms with van der Waals surface area (Å²) in [6.45, 7) is 9.24. The summed E-state index contributed by atoms with van der Waals surface area (Å²) < 4.78 is 0. The number of nitriles is 1. The average Bonchev–Trinajstić information content (AvgIpc) is 3.69. The molecule has 2 aliphatic carbocycles. The van der Waals surface area contributed by atoms with E-state index in [-0.39, 0.29) is 16.4 Å². The third-order valence-electron chi connectivity index (χ3n) is 12.9. The third kappa shape index (κ3) is 7.44. The van der Waals surface area contributed by atoms with Crippen molar-refractivity contribution >= 4 is 29.1 Å². The van der Waals surface area contributed by atoms with Gasteiger partial charge in [-0.25, -0.2) is 4.79 Å². The van der Waals surface area contributed by atoms with Crippen LogP contribution < -0.4 is 4.90 Å². The number of benzene rings is 5. The molecular weight excluding hydrogens is 709 g/mol. The largest absolute Gasteiger partial charge is 0.477 e. The maximum Gasteiger partial charge on any atom is 0.346 e. The van der Waals surface area contributed by atoms with Gasteiger partial charge in [-0.3, -0.25) is 0 Å². The minimum Gasteiger partial charge on any atom is -0.477 e. The predicted octanol–water partition coefficient (Wildman–Crippen LogP) is 15.0. The molecule has 0 aliphatic heterocycles. The number of fused-ring (bicyclic) bond motifs is 6. The lowest BCUT2D eigenvalue weighted by atomic mass is 9.70. The maximum absolute atomic E-state index is 11.4. The van der Waals surface area contributed by atoms with Gasteiger partial charge in [0.1, 0.15) is 11.6 Å². The van der Waals surface area contributed by atoms with Gasteiger partial charge >= 0.3 is 5.97 Å². The normalized spacial score (nSPS) is 14.4. The number of hydrogen-bond acceptors (Lipinski definition) is 3. The van der Waals surface area contributed by atoms with Crippen LogP contribution in [0.5, 0.6) is 0 Å². The first kappa shape index (κ1) is 40.5. The van der Waals surface area contributed by atoms with Gasteiger partial charge in [0.05, 0.1) is 0 Å². The molecule has 0 amide bonds. The second kappa shape index (κ2) is 17.9. The molecule has 0 unspecified atom stereocenters. The number of unbranched alkanes of at least 4 members (excludes halogenated alkanes) is 4. The van der Waals surface area contributed by atoms with Crippen LogP contribution in [0, 0.1) is 11.3 Å². The van der Waals surface area contributed by atoms with E-state index in [2.05, 4.69) is 142 Å². The van der Waals surface area contributed by atoms with Crippen LogP contribution in [0.25, 0.3) is 28.3 Å². The first-order valence-corrected chi connectivity index (χ1v) is 21.8. The summed E-state index contributed by atoms with van der Waals surface area (Å²) in [7, 11) is 0. The number of nitrogens with zero attached hydrogens (tertiary/aromatic N) is 2. The molecule has 0 saturated carbocycles. The molecule has 1 N–H and O–H groups in total. The highest BCUT2D eigenvalue weighted by Gasteiger charge is 2.44. The number of allylic oxidation sites excluding steroid dienone is 2. The fraction of sp³-hybridized carbons (Fsp3) is 0.333. The van der Waals surface area contributed by atoms with Gasteiger partial charge in [-0.15, -0.1) is 0 Å². The number of rotatable bonds is 18. The molecule has 5 aromatic carbocycles.